The third-order valence-electron chi connectivity index (χ3n) is 2.22. The summed E-state index contributed by atoms with van der Waals surface area (Å²) < 4.78 is 1.79. The Bertz CT molecular complexity index is 434. The van der Waals surface area contributed by atoms with Crippen LogP contribution in [0.25, 0.3) is 11.1 Å². The second-order valence-electron chi connectivity index (χ2n) is 3.31. The molecule has 3 heteroatoms. The van der Waals surface area contributed by atoms with E-state index in [0.29, 0.717) is 13.0 Å². The molecule has 0 fully saturated rings. The number of carbonyl (C=O) groups is 1. The van der Waals surface area contributed by atoms with Crippen LogP contribution in [0.5, 0.6) is 0 Å². The minimum atomic E-state index is 0.510. The number of benzene rings is 1. The first-order valence-electron chi connectivity index (χ1n) is 4.91. The van der Waals surface area contributed by atoms with E-state index < -0.39 is 0 Å². The van der Waals surface area contributed by atoms with E-state index in [2.05, 4.69) is 5.10 Å². The zero-order valence-corrected chi connectivity index (χ0v) is 8.34. The highest BCUT2D eigenvalue weighted by molar-refractivity contribution is 5.61. The highest BCUT2D eigenvalue weighted by Crippen LogP contribution is 2.17. The number of hydrogen-bond acceptors (Lipinski definition) is 2. The lowest BCUT2D eigenvalue weighted by Gasteiger charge is -1.96. The van der Waals surface area contributed by atoms with Crippen molar-refractivity contribution in [3.63, 3.8) is 0 Å². The average Bonchev–Trinajstić information content (AvgIpc) is 2.76. The predicted octanol–water partition coefficient (Wildman–Crippen LogP) is 2.14. The van der Waals surface area contributed by atoms with Gasteiger partial charge < -0.3 is 4.79 Å². The molecule has 0 aliphatic heterocycles. The number of carbonyl (C=O) groups excluding carboxylic acids is 1. The fourth-order valence-corrected chi connectivity index (χ4v) is 1.45. The standard InChI is InChI=1S/C12H12N2O/c15-8-4-7-14-10-12(9-13-14)11-5-2-1-3-6-11/h1-3,5-6,8-10H,4,7H2. The first-order chi connectivity index (χ1) is 7.40. The van der Waals surface area contributed by atoms with Crippen molar-refractivity contribution in [3.05, 3.63) is 42.7 Å². The van der Waals surface area contributed by atoms with Crippen molar-refractivity contribution in [1.29, 1.82) is 0 Å². The van der Waals surface area contributed by atoms with Crippen LogP contribution in [0.4, 0.5) is 0 Å². The molecule has 15 heavy (non-hydrogen) atoms. The van der Waals surface area contributed by atoms with E-state index in [1.807, 2.05) is 42.7 Å². The second kappa shape index (κ2) is 4.55. The highest BCUT2D eigenvalue weighted by Gasteiger charge is 1.99. The summed E-state index contributed by atoms with van der Waals surface area (Å²) in [4.78, 5) is 10.2. The first kappa shape index (κ1) is 9.65. The molecule has 0 N–H and O–H groups in total. The van der Waals surface area contributed by atoms with E-state index in [0.717, 1.165) is 17.4 Å². The quantitative estimate of drug-likeness (QED) is 0.709. The third-order valence-corrected chi connectivity index (χ3v) is 2.22. The minimum absolute atomic E-state index is 0.510. The molecule has 0 amide bonds. The Morgan fingerprint density at radius 3 is 2.73 bits per heavy atom. The van der Waals surface area contributed by atoms with E-state index in [-0.39, 0.29) is 0 Å². The molecule has 2 rings (SSSR count). The van der Waals surface area contributed by atoms with Gasteiger partial charge in [-0.15, -0.1) is 0 Å². The van der Waals surface area contributed by atoms with Crippen LogP contribution in [-0.4, -0.2) is 16.1 Å². The van der Waals surface area contributed by atoms with Gasteiger partial charge in [0.15, 0.2) is 0 Å². The Balaban J connectivity index is 2.17. The molecule has 0 unspecified atom stereocenters. The molecular formula is C12H12N2O. The van der Waals surface area contributed by atoms with E-state index >= 15 is 0 Å². The summed E-state index contributed by atoms with van der Waals surface area (Å²) in [6.45, 7) is 0.649. The zero-order valence-electron chi connectivity index (χ0n) is 8.34. The second-order valence-corrected chi connectivity index (χ2v) is 3.31. The fraction of sp³-hybridized carbons (Fsp3) is 0.167. The van der Waals surface area contributed by atoms with Crippen LogP contribution in [0.2, 0.25) is 0 Å². The molecule has 1 aromatic carbocycles. The number of aryl methyl sites for hydroxylation is 1. The molecule has 0 saturated carbocycles. The van der Waals surface area contributed by atoms with Gasteiger partial charge >= 0.3 is 0 Å². The monoisotopic (exact) mass is 200 g/mol. The predicted molar refractivity (Wildman–Crippen MR) is 58.3 cm³/mol. The number of rotatable bonds is 4. The van der Waals surface area contributed by atoms with E-state index in [1.165, 1.54) is 0 Å². The van der Waals surface area contributed by atoms with Crippen molar-refractivity contribution in [2.75, 3.05) is 0 Å². The Hall–Kier alpha value is -1.90. The van der Waals surface area contributed by atoms with Gasteiger partial charge in [0.2, 0.25) is 0 Å². The molecule has 0 spiro atoms. The van der Waals surface area contributed by atoms with E-state index in [1.54, 1.807) is 4.68 Å². The third kappa shape index (κ3) is 2.31. The minimum Gasteiger partial charge on any atom is -0.303 e. The summed E-state index contributed by atoms with van der Waals surface area (Å²) in [7, 11) is 0. The summed E-state index contributed by atoms with van der Waals surface area (Å²) in [5.74, 6) is 0. The maximum Gasteiger partial charge on any atom is 0.121 e. The number of aldehydes is 1. The van der Waals surface area contributed by atoms with Gasteiger partial charge in [-0.25, -0.2) is 0 Å². The van der Waals surface area contributed by atoms with Gasteiger partial charge in [0.05, 0.1) is 6.20 Å². The number of hydrogen-bond donors (Lipinski definition) is 0. The van der Waals surface area contributed by atoms with Crippen LogP contribution in [0.3, 0.4) is 0 Å². The van der Waals surface area contributed by atoms with Gasteiger partial charge in [0, 0.05) is 24.7 Å². The molecule has 1 heterocycles. The van der Waals surface area contributed by atoms with Crippen LogP contribution in [0.15, 0.2) is 42.7 Å². The van der Waals surface area contributed by atoms with Gasteiger partial charge in [0.25, 0.3) is 0 Å². The molecule has 0 aliphatic carbocycles. The van der Waals surface area contributed by atoms with Gasteiger partial charge in [0.1, 0.15) is 6.29 Å². The average molecular weight is 200 g/mol. The lowest BCUT2D eigenvalue weighted by molar-refractivity contribution is -0.108. The largest absolute Gasteiger partial charge is 0.303 e. The van der Waals surface area contributed by atoms with Crippen LogP contribution in [-0.2, 0) is 11.3 Å². The summed E-state index contributed by atoms with van der Waals surface area (Å²) in [6.07, 6.45) is 5.19. The Morgan fingerprint density at radius 2 is 2.00 bits per heavy atom. The normalized spacial score (nSPS) is 10.1. The molecule has 2 aromatic rings. The molecule has 0 atom stereocenters. The van der Waals surface area contributed by atoms with Crippen LogP contribution < -0.4 is 0 Å². The number of nitrogens with zero attached hydrogens (tertiary/aromatic N) is 2. The van der Waals surface area contributed by atoms with Gasteiger partial charge in [-0.2, -0.15) is 5.10 Å². The van der Waals surface area contributed by atoms with Gasteiger partial charge in [-0.05, 0) is 5.56 Å². The smallest absolute Gasteiger partial charge is 0.121 e. The van der Waals surface area contributed by atoms with Gasteiger partial charge in [-0.1, -0.05) is 30.3 Å². The lowest BCUT2D eigenvalue weighted by Crippen LogP contribution is -1.97. The molecule has 3 nitrogen and oxygen atoms in total. The van der Waals surface area contributed by atoms with Crippen LogP contribution >= 0.6 is 0 Å². The zero-order chi connectivity index (χ0) is 10.5. The molecule has 76 valence electrons. The van der Waals surface area contributed by atoms with Crippen molar-refractivity contribution < 1.29 is 4.79 Å². The molecule has 0 bridgehead atoms. The van der Waals surface area contributed by atoms with Gasteiger partial charge in [-0.3, -0.25) is 4.68 Å². The van der Waals surface area contributed by atoms with Crippen molar-refractivity contribution in [2.45, 2.75) is 13.0 Å². The van der Waals surface area contributed by atoms with E-state index in [4.69, 9.17) is 0 Å². The number of aromatic nitrogens is 2. The summed E-state index contributed by atoms with van der Waals surface area (Å²) in [5, 5.41) is 4.19. The summed E-state index contributed by atoms with van der Waals surface area (Å²) >= 11 is 0. The summed E-state index contributed by atoms with van der Waals surface area (Å²) in [6, 6.07) is 10.1. The topological polar surface area (TPSA) is 34.9 Å². The molecule has 0 saturated heterocycles. The van der Waals surface area contributed by atoms with Crippen molar-refractivity contribution in [1.82, 2.24) is 9.78 Å². The van der Waals surface area contributed by atoms with Crippen molar-refractivity contribution >= 4 is 6.29 Å². The molecule has 0 radical (unpaired) electrons. The maximum absolute atomic E-state index is 10.2. The van der Waals surface area contributed by atoms with E-state index in [9.17, 15) is 4.79 Å². The first-order valence-corrected chi connectivity index (χ1v) is 4.91. The van der Waals surface area contributed by atoms with Crippen LogP contribution in [0.1, 0.15) is 6.42 Å². The highest BCUT2D eigenvalue weighted by atomic mass is 16.1. The molecule has 1 aromatic heterocycles. The summed E-state index contributed by atoms with van der Waals surface area (Å²) in [5.41, 5.74) is 2.23. The van der Waals surface area contributed by atoms with Crippen molar-refractivity contribution in [3.8, 4) is 11.1 Å². The van der Waals surface area contributed by atoms with Crippen molar-refractivity contribution in [2.24, 2.45) is 0 Å². The Morgan fingerprint density at radius 1 is 1.20 bits per heavy atom. The maximum atomic E-state index is 10.2. The Kier molecular flexibility index (Phi) is 2.93. The lowest BCUT2D eigenvalue weighted by atomic mass is 10.1. The molecule has 0 aliphatic rings. The van der Waals surface area contributed by atoms with Crippen LogP contribution in [0, 0.1) is 0 Å². The molecular weight excluding hydrogens is 188 g/mol. The fourth-order valence-electron chi connectivity index (χ4n) is 1.45. The Labute approximate surface area is 88.4 Å². The SMILES string of the molecule is O=CCCn1cc(-c2ccccc2)cn1.